The maximum Gasteiger partial charge on any atom is 0.128 e. The van der Waals surface area contributed by atoms with Crippen LogP contribution in [0.4, 0.5) is 0 Å². The number of hydrogen-bond donors (Lipinski definition) is 0. The monoisotopic (exact) mass is 299 g/mol. The van der Waals surface area contributed by atoms with Gasteiger partial charge in [-0.1, -0.05) is 39.5 Å². The van der Waals surface area contributed by atoms with Crippen LogP contribution in [0.3, 0.4) is 0 Å². The average Bonchev–Trinajstić information content (AvgIpc) is 2.59. The summed E-state index contributed by atoms with van der Waals surface area (Å²) in [5, 5.41) is 9.76. The molecule has 1 aliphatic carbocycles. The van der Waals surface area contributed by atoms with Gasteiger partial charge in [-0.15, -0.1) is 0 Å². The smallest absolute Gasteiger partial charge is 0.128 e. The summed E-state index contributed by atoms with van der Waals surface area (Å²) in [5.74, 6) is 1.72. The highest BCUT2D eigenvalue weighted by atomic mass is 14.9. The van der Waals surface area contributed by atoms with E-state index in [9.17, 15) is 5.26 Å². The Bertz CT molecular complexity index is 478. The van der Waals surface area contributed by atoms with Gasteiger partial charge in [-0.2, -0.15) is 5.26 Å². The van der Waals surface area contributed by atoms with Gasteiger partial charge in [0.15, 0.2) is 0 Å². The Morgan fingerprint density at radius 1 is 1.14 bits per heavy atom. The number of nitriles is 1. The number of rotatable bonds is 7. The van der Waals surface area contributed by atoms with Crippen LogP contribution in [0, 0.1) is 17.2 Å². The molecule has 0 aromatic carbocycles. The van der Waals surface area contributed by atoms with Gasteiger partial charge in [-0.3, -0.25) is 0 Å². The van der Waals surface area contributed by atoms with Crippen molar-refractivity contribution in [1.29, 1.82) is 5.26 Å². The summed E-state index contributed by atoms with van der Waals surface area (Å²) in [4.78, 5) is 8.98. The summed E-state index contributed by atoms with van der Waals surface area (Å²) in [7, 11) is 0. The number of aromatic nitrogens is 2. The second kappa shape index (κ2) is 8.27. The van der Waals surface area contributed by atoms with E-state index >= 15 is 0 Å². The highest BCUT2D eigenvalue weighted by Gasteiger charge is 2.37. The van der Waals surface area contributed by atoms with Crippen LogP contribution in [0.1, 0.15) is 83.0 Å². The average molecular weight is 299 g/mol. The third-order valence-electron chi connectivity index (χ3n) is 5.15. The lowest BCUT2D eigenvalue weighted by atomic mass is 9.67. The van der Waals surface area contributed by atoms with E-state index in [4.69, 9.17) is 0 Å². The molecule has 0 aliphatic heterocycles. The van der Waals surface area contributed by atoms with Crippen LogP contribution in [0.25, 0.3) is 0 Å². The molecule has 3 heteroatoms. The molecule has 0 spiro atoms. The Hall–Kier alpha value is -1.43. The Kier molecular flexibility index (Phi) is 6.36. The Morgan fingerprint density at radius 3 is 2.32 bits per heavy atom. The summed E-state index contributed by atoms with van der Waals surface area (Å²) >= 11 is 0. The molecular weight excluding hydrogens is 270 g/mol. The summed E-state index contributed by atoms with van der Waals surface area (Å²) in [6, 6.07) is 2.59. The second-order valence-corrected chi connectivity index (χ2v) is 6.77. The first kappa shape index (κ1) is 16.9. The van der Waals surface area contributed by atoms with E-state index in [1.165, 1.54) is 32.1 Å². The van der Waals surface area contributed by atoms with Gasteiger partial charge in [0.2, 0.25) is 0 Å². The van der Waals surface area contributed by atoms with Gasteiger partial charge in [-0.25, -0.2) is 9.97 Å². The minimum Gasteiger partial charge on any atom is -0.241 e. The zero-order valence-electron chi connectivity index (χ0n) is 14.1. The van der Waals surface area contributed by atoms with Crippen molar-refractivity contribution in [2.24, 2.45) is 5.92 Å². The molecule has 0 bridgehead atoms. The molecule has 120 valence electrons. The van der Waals surface area contributed by atoms with E-state index in [1.54, 1.807) is 0 Å². The van der Waals surface area contributed by atoms with E-state index in [2.05, 4.69) is 29.9 Å². The topological polar surface area (TPSA) is 49.6 Å². The van der Waals surface area contributed by atoms with E-state index in [0.29, 0.717) is 0 Å². The van der Waals surface area contributed by atoms with Crippen LogP contribution in [0.5, 0.6) is 0 Å². The molecule has 1 aliphatic rings. The number of nitrogens with zero attached hydrogens (tertiary/aromatic N) is 3. The zero-order valence-corrected chi connectivity index (χ0v) is 14.1. The number of unbranched alkanes of at least 4 members (excludes halogenated alkanes) is 2. The van der Waals surface area contributed by atoms with E-state index in [-0.39, 0.29) is 5.41 Å². The lowest BCUT2D eigenvalue weighted by Gasteiger charge is -2.35. The molecule has 1 fully saturated rings. The first-order valence-electron chi connectivity index (χ1n) is 8.96. The molecular formula is C19H29N3. The molecule has 1 aromatic rings. The van der Waals surface area contributed by atoms with Crippen LogP contribution in [0.2, 0.25) is 0 Å². The van der Waals surface area contributed by atoms with Crippen LogP contribution >= 0.6 is 0 Å². The van der Waals surface area contributed by atoms with Gasteiger partial charge in [0.1, 0.15) is 5.82 Å². The number of aryl methyl sites for hydroxylation is 1. The lowest BCUT2D eigenvalue weighted by molar-refractivity contribution is 0.262. The standard InChI is InChI=1S/C19H29N3/c1-3-5-7-16-9-11-19(15-20,12-10-16)17-13-21-18(22-14-17)8-6-4-2/h13-14,16H,3-12H2,1-2H3/t16-,19+. The van der Waals surface area contributed by atoms with Crippen LogP contribution < -0.4 is 0 Å². The third kappa shape index (κ3) is 4.06. The maximum absolute atomic E-state index is 9.76. The van der Waals surface area contributed by atoms with Gasteiger partial charge in [0.05, 0.1) is 11.5 Å². The molecule has 1 saturated carbocycles. The third-order valence-corrected chi connectivity index (χ3v) is 5.15. The quantitative estimate of drug-likeness (QED) is 0.715. The van der Waals surface area contributed by atoms with Crippen molar-refractivity contribution in [2.75, 3.05) is 0 Å². The molecule has 0 radical (unpaired) electrons. The van der Waals surface area contributed by atoms with Crippen molar-refractivity contribution in [1.82, 2.24) is 9.97 Å². The molecule has 0 atom stereocenters. The van der Waals surface area contributed by atoms with Crippen molar-refractivity contribution in [3.8, 4) is 6.07 Å². The fourth-order valence-electron chi connectivity index (χ4n) is 3.48. The highest BCUT2D eigenvalue weighted by Crippen LogP contribution is 2.42. The first-order valence-corrected chi connectivity index (χ1v) is 8.96. The SMILES string of the molecule is CCCCc1ncc([C@]2(C#N)CC[C@H](CCCC)CC2)cn1. The summed E-state index contributed by atoms with van der Waals surface area (Å²) in [6.07, 6.45) is 15.2. The Morgan fingerprint density at radius 2 is 1.77 bits per heavy atom. The van der Waals surface area contributed by atoms with Crippen LogP contribution in [-0.2, 0) is 11.8 Å². The molecule has 22 heavy (non-hydrogen) atoms. The molecule has 1 heterocycles. The fourth-order valence-corrected chi connectivity index (χ4v) is 3.48. The lowest BCUT2D eigenvalue weighted by Crippen LogP contribution is -2.30. The fraction of sp³-hybridized carbons (Fsp3) is 0.737. The molecule has 0 unspecified atom stereocenters. The first-order chi connectivity index (χ1) is 10.7. The van der Waals surface area contributed by atoms with Crippen LogP contribution in [0.15, 0.2) is 12.4 Å². The highest BCUT2D eigenvalue weighted by molar-refractivity contribution is 5.29. The van der Waals surface area contributed by atoms with Gasteiger partial charge in [0.25, 0.3) is 0 Å². The molecule has 0 N–H and O–H groups in total. The summed E-state index contributed by atoms with van der Waals surface area (Å²) in [6.45, 7) is 4.43. The van der Waals surface area contributed by atoms with Gasteiger partial charge in [-0.05, 0) is 38.0 Å². The predicted octanol–water partition coefficient (Wildman–Crippen LogP) is 4.96. The Balaban J connectivity index is 2.01. The van der Waals surface area contributed by atoms with Crippen LogP contribution in [-0.4, -0.2) is 9.97 Å². The minimum absolute atomic E-state index is 0.341. The van der Waals surface area contributed by atoms with E-state index in [1.807, 2.05) is 12.4 Å². The van der Waals surface area contributed by atoms with Gasteiger partial charge >= 0.3 is 0 Å². The van der Waals surface area contributed by atoms with Crippen molar-refractivity contribution in [3.05, 3.63) is 23.8 Å². The van der Waals surface area contributed by atoms with Crippen molar-refractivity contribution < 1.29 is 0 Å². The van der Waals surface area contributed by atoms with Gasteiger partial charge < -0.3 is 0 Å². The molecule has 1 aromatic heterocycles. The van der Waals surface area contributed by atoms with Crippen molar-refractivity contribution in [3.63, 3.8) is 0 Å². The van der Waals surface area contributed by atoms with E-state index in [0.717, 1.165) is 49.4 Å². The minimum atomic E-state index is -0.341. The molecule has 0 amide bonds. The Labute approximate surface area is 135 Å². The molecule has 0 saturated heterocycles. The summed E-state index contributed by atoms with van der Waals surface area (Å²) in [5.41, 5.74) is 0.690. The largest absolute Gasteiger partial charge is 0.241 e. The molecule has 2 rings (SSSR count). The maximum atomic E-state index is 9.76. The van der Waals surface area contributed by atoms with Crippen molar-refractivity contribution in [2.45, 2.75) is 83.5 Å². The zero-order chi connectivity index (χ0) is 15.8. The number of hydrogen-bond acceptors (Lipinski definition) is 3. The second-order valence-electron chi connectivity index (χ2n) is 6.77. The summed E-state index contributed by atoms with van der Waals surface area (Å²) < 4.78 is 0. The normalized spacial score (nSPS) is 24.9. The molecule has 3 nitrogen and oxygen atoms in total. The van der Waals surface area contributed by atoms with Gasteiger partial charge in [0, 0.05) is 24.4 Å². The van der Waals surface area contributed by atoms with E-state index < -0.39 is 0 Å². The predicted molar refractivity (Wildman–Crippen MR) is 89.4 cm³/mol. The van der Waals surface area contributed by atoms with Crippen molar-refractivity contribution >= 4 is 0 Å².